The standard InChI is InChI=1S/C52H57NO4/c1-37-14-12-31-50(2)47(30-32-51(50,56)36-53-33-13-21-48(53)52(57,42-17-8-4-9-18-42)43-19-10-5-11-20-43)45-29-23-38(34-44(54)28-22-37)35-46(45)49(55)41-26-24-40(25-27-41)39-15-6-3-7-16-39/h3-11,14-20,23-27,29,35,44,47-48,54,56-57H,12-13,21-22,28,30-34,36H2,1-2H3/t44-,47-,48+,50-,51+/m0/s1. The van der Waals surface area contributed by atoms with Gasteiger partial charge in [0.1, 0.15) is 5.60 Å². The van der Waals surface area contributed by atoms with E-state index in [1.165, 1.54) is 5.57 Å². The molecule has 1 saturated heterocycles. The number of fused-ring (bicyclic) bond motifs is 8. The molecule has 57 heavy (non-hydrogen) atoms. The zero-order valence-corrected chi connectivity index (χ0v) is 33.5. The van der Waals surface area contributed by atoms with Gasteiger partial charge in [-0.15, -0.1) is 0 Å². The normalized spacial score (nSPS) is 25.8. The van der Waals surface area contributed by atoms with E-state index in [0.717, 1.165) is 78.5 Å². The van der Waals surface area contributed by atoms with Crippen molar-refractivity contribution >= 4 is 5.78 Å². The summed E-state index contributed by atoms with van der Waals surface area (Å²) in [5, 5.41) is 37.4. The van der Waals surface area contributed by atoms with Gasteiger partial charge in [0, 0.05) is 29.1 Å². The van der Waals surface area contributed by atoms with Crippen LogP contribution in [-0.4, -0.2) is 56.8 Å². The Kier molecular flexibility index (Phi) is 11.2. The van der Waals surface area contributed by atoms with E-state index >= 15 is 0 Å². The number of aliphatic hydroxyl groups excluding tert-OH is 1. The third kappa shape index (κ3) is 7.59. The van der Waals surface area contributed by atoms with Gasteiger partial charge in [0.05, 0.1) is 11.7 Å². The molecule has 5 aromatic carbocycles. The van der Waals surface area contributed by atoms with Crippen LogP contribution in [0.2, 0.25) is 0 Å². The van der Waals surface area contributed by atoms with Crippen molar-refractivity contribution in [2.24, 2.45) is 5.41 Å². The molecule has 294 valence electrons. The molecule has 5 nitrogen and oxygen atoms in total. The fraction of sp³-hybridized carbons (Fsp3) is 0.365. The second-order valence-corrected chi connectivity index (χ2v) is 17.3. The van der Waals surface area contributed by atoms with E-state index in [2.05, 4.69) is 49.1 Å². The molecule has 0 radical (unpaired) electrons. The van der Waals surface area contributed by atoms with Crippen LogP contribution in [0.25, 0.3) is 11.1 Å². The second-order valence-electron chi connectivity index (χ2n) is 17.3. The Hall–Kier alpha value is -4.65. The van der Waals surface area contributed by atoms with Gasteiger partial charge in [-0.05, 0) is 117 Å². The van der Waals surface area contributed by atoms with Gasteiger partial charge in [-0.25, -0.2) is 0 Å². The van der Waals surface area contributed by atoms with Gasteiger partial charge in [0.25, 0.3) is 0 Å². The number of ketones is 1. The number of aliphatic hydroxyl groups is 3. The highest BCUT2D eigenvalue weighted by Gasteiger charge is 2.59. The van der Waals surface area contributed by atoms with Crippen LogP contribution < -0.4 is 0 Å². The zero-order chi connectivity index (χ0) is 39.6. The molecule has 5 heteroatoms. The average molecular weight is 760 g/mol. The summed E-state index contributed by atoms with van der Waals surface area (Å²) in [6.07, 6.45) is 8.34. The van der Waals surface area contributed by atoms with Gasteiger partial charge in [0.15, 0.2) is 5.78 Å². The number of nitrogens with zero attached hydrogens (tertiary/aromatic N) is 1. The maximum absolute atomic E-state index is 14.8. The van der Waals surface area contributed by atoms with Crippen LogP contribution in [-0.2, 0) is 12.0 Å². The highest BCUT2D eigenvalue weighted by atomic mass is 16.3. The van der Waals surface area contributed by atoms with E-state index in [0.29, 0.717) is 36.9 Å². The summed E-state index contributed by atoms with van der Waals surface area (Å²) in [5.74, 6) is -0.110. The first-order valence-corrected chi connectivity index (χ1v) is 21.1. The Morgan fingerprint density at radius 1 is 0.789 bits per heavy atom. The monoisotopic (exact) mass is 759 g/mol. The molecule has 0 unspecified atom stereocenters. The average Bonchev–Trinajstić information content (AvgIpc) is 3.81. The topological polar surface area (TPSA) is 81.0 Å². The Balaban J connectivity index is 1.18. The predicted octanol–water partition coefficient (Wildman–Crippen LogP) is 10.0. The SMILES string of the molecule is CC1=CCC[C@@]2(C)[C@@H](CC[C@@]2(O)CN2CCC[C@@H]2C(O)(c2ccccc2)c2ccccc2)c2ccc(cc2C(=O)c2ccc(-c3ccccc3)cc2)C[C@@H](O)CC1. The van der Waals surface area contributed by atoms with Crippen molar-refractivity contribution in [2.45, 2.75) is 101 Å². The summed E-state index contributed by atoms with van der Waals surface area (Å²) in [7, 11) is 0. The molecule has 1 heterocycles. The number of benzene rings is 5. The lowest BCUT2D eigenvalue weighted by Gasteiger charge is -2.48. The number of carbonyl (C=O) groups excluding carboxylic acids is 1. The lowest BCUT2D eigenvalue weighted by Crippen LogP contribution is -2.57. The van der Waals surface area contributed by atoms with Gasteiger partial charge in [-0.3, -0.25) is 9.69 Å². The number of carbonyl (C=O) groups is 1. The molecule has 1 saturated carbocycles. The molecular weight excluding hydrogens is 703 g/mol. The maximum Gasteiger partial charge on any atom is 0.193 e. The van der Waals surface area contributed by atoms with Crippen LogP contribution in [0, 0.1) is 5.41 Å². The van der Waals surface area contributed by atoms with Crippen LogP contribution in [0.3, 0.4) is 0 Å². The van der Waals surface area contributed by atoms with Crippen LogP contribution in [0.15, 0.2) is 145 Å². The molecule has 2 bridgehead atoms. The molecule has 5 aromatic rings. The minimum atomic E-state index is -1.26. The number of rotatable bonds is 8. The van der Waals surface area contributed by atoms with Gasteiger partial charge >= 0.3 is 0 Å². The molecule has 3 aliphatic carbocycles. The largest absolute Gasteiger partial charge is 0.393 e. The number of hydrogen-bond acceptors (Lipinski definition) is 5. The van der Waals surface area contributed by atoms with Crippen LogP contribution >= 0.6 is 0 Å². The first-order chi connectivity index (χ1) is 27.6. The summed E-state index contributed by atoms with van der Waals surface area (Å²) < 4.78 is 0. The van der Waals surface area contributed by atoms with Crippen molar-refractivity contribution in [1.82, 2.24) is 4.90 Å². The molecule has 0 amide bonds. The third-order valence-corrected chi connectivity index (χ3v) is 13.9. The molecule has 0 aromatic heterocycles. The predicted molar refractivity (Wildman–Crippen MR) is 229 cm³/mol. The Bertz CT molecular complexity index is 2140. The minimum Gasteiger partial charge on any atom is -0.393 e. The first kappa shape index (κ1) is 39.2. The lowest BCUT2D eigenvalue weighted by atomic mass is 9.64. The van der Waals surface area contributed by atoms with E-state index in [9.17, 15) is 20.1 Å². The van der Waals surface area contributed by atoms with Crippen molar-refractivity contribution in [3.63, 3.8) is 0 Å². The van der Waals surface area contributed by atoms with Crippen molar-refractivity contribution < 1.29 is 20.1 Å². The summed E-state index contributed by atoms with van der Waals surface area (Å²) in [4.78, 5) is 17.1. The summed E-state index contributed by atoms with van der Waals surface area (Å²) in [5.41, 5.74) is 5.44. The van der Waals surface area contributed by atoms with E-state index in [4.69, 9.17) is 0 Å². The van der Waals surface area contributed by atoms with E-state index in [-0.39, 0.29) is 17.7 Å². The van der Waals surface area contributed by atoms with Gasteiger partial charge in [0.2, 0.25) is 0 Å². The molecule has 4 aliphatic rings. The number of likely N-dealkylation sites (tertiary alicyclic amines) is 1. The Labute approximate surface area is 338 Å². The Morgan fingerprint density at radius 3 is 2.09 bits per heavy atom. The third-order valence-electron chi connectivity index (χ3n) is 13.9. The molecule has 5 atom stereocenters. The number of hydrogen-bond donors (Lipinski definition) is 3. The van der Waals surface area contributed by atoms with Gasteiger partial charge in [-0.2, -0.15) is 0 Å². The van der Waals surface area contributed by atoms with E-state index < -0.39 is 22.7 Å². The quantitative estimate of drug-likeness (QED) is 0.108. The molecule has 1 aliphatic heterocycles. The molecule has 9 rings (SSSR count). The van der Waals surface area contributed by atoms with E-state index in [1.807, 2.05) is 109 Å². The Morgan fingerprint density at radius 2 is 1.42 bits per heavy atom. The summed E-state index contributed by atoms with van der Waals surface area (Å²) >= 11 is 0. The number of β-amino-alcohol motifs (C(OH)–C–C–N with tert-alkyl or cyclic N) is 1. The zero-order valence-electron chi connectivity index (χ0n) is 33.5. The summed E-state index contributed by atoms with van der Waals surface area (Å²) in [6, 6.07) is 44.1. The van der Waals surface area contributed by atoms with Gasteiger partial charge < -0.3 is 15.3 Å². The van der Waals surface area contributed by atoms with Crippen molar-refractivity contribution in [3.05, 3.63) is 178 Å². The molecule has 0 spiro atoms. The van der Waals surface area contributed by atoms with Crippen LogP contribution in [0.1, 0.15) is 109 Å². The summed E-state index contributed by atoms with van der Waals surface area (Å²) in [6.45, 7) is 5.62. The number of allylic oxidation sites excluding steroid dienone is 2. The van der Waals surface area contributed by atoms with Gasteiger partial charge in [-0.1, -0.05) is 146 Å². The van der Waals surface area contributed by atoms with Crippen molar-refractivity contribution in [3.8, 4) is 11.1 Å². The minimum absolute atomic E-state index is 0.0306. The second kappa shape index (κ2) is 16.3. The molecule has 3 N–H and O–H groups in total. The maximum atomic E-state index is 14.8. The van der Waals surface area contributed by atoms with Crippen LogP contribution in [0.5, 0.6) is 0 Å². The van der Waals surface area contributed by atoms with Crippen LogP contribution in [0.4, 0.5) is 0 Å². The van der Waals surface area contributed by atoms with Crippen molar-refractivity contribution in [2.75, 3.05) is 13.1 Å². The molecular formula is C52H57NO4. The molecule has 2 fully saturated rings. The fourth-order valence-corrected chi connectivity index (χ4v) is 10.6. The van der Waals surface area contributed by atoms with E-state index in [1.54, 1.807) is 0 Å². The van der Waals surface area contributed by atoms with Crippen molar-refractivity contribution in [1.29, 1.82) is 0 Å². The fourth-order valence-electron chi connectivity index (χ4n) is 10.6. The lowest BCUT2D eigenvalue weighted by molar-refractivity contribution is -0.101. The highest BCUT2D eigenvalue weighted by molar-refractivity contribution is 6.10. The smallest absolute Gasteiger partial charge is 0.193 e. The highest BCUT2D eigenvalue weighted by Crippen LogP contribution is 2.59. The first-order valence-electron chi connectivity index (χ1n) is 21.1.